The summed E-state index contributed by atoms with van der Waals surface area (Å²) in [5.74, 6) is 0.871. The Hall–Kier alpha value is -2.04. The van der Waals surface area contributed by atoms with Gasteiger partial charge in [0.15, 0.2) is 5.96 Å². The van der Waals surface area contributed by atoms with Crippen molar-refractivity contribution in [1.29, 1.82) is 0 Å². The normalized spacial score (nSPS) is 17.6. The molecule has 1 aromatic rings. The number of hydrogen-bond acceptors (Lipinski definition) is 4. The van der Waals surface area contributed by atoms with Crippen molar-refractivity contribution in [2.75, 3.05) is 20.6 Å². The van der Waals surface area contributed by atoms with Crippen molar-refractivity contribution >= 4 is 11.9 Å². The van der Waals surface area contributed by atoms with Crippen LogP contribution in [0.5, 0.6) is 0 Å². The highest BCUT2D eigenvalue weighted by atomic mass is 16.2. The molecule has 1 heterocycles. The van der Waals surface area contributed by atoms with Crippen LogP contribution in [0.15, 0.2) is 29.3 Å². The molecule has 2 N–H and O–H groups in total. The molecule has 102 valence electrons. The Kier molecular flexibility index (Phi) is 4.04. The number of carbonyl (C=O) groups is 1. The second kappa shape index (κ2) is 5.73. The van der Waals surface area contributed by atoms with Crippen molar-refractivity contribution in [2.24, 2.45) is 4.99 Å². The molecule has 0 saturated carbocycles. The molecule has 0 bridgehead atoms. The van der Waals surface area contributed by atoms with Gasteiger partial charge in [0.2, 0.25) is 0 Å². The lowest BCUT2D eigenvalue weighted by atomic mass is 10.1. The van der Waals surface area contributed by atoms with Crippen molar-refractivity contribution in [1.82, 2.24) is 15.5 Å². The molecule has 1 atom stereocenters. The van der Waals surface area contributed by atoms with Gasteiger partial charge in [-0.25, -0.2) is 0 Å². The summed E-state index contributed by atoms with van der Waals surface area (Å²) >= 11 is 0. The molecule has 2 rings (SSSR count). The van der Waals surface area contributed by atoms with Gasteiger partial charge in [-0.15, -0.1) is 0 Å². The predicted octanol–water partition coefficient (Wildman–Crippen LogP) is 0.826. The second-order valence-electron chi connectivity index (χ2n) is 4.98. The third kappa shape index (κ3) is 3.47. The van der Waals surface area contributed by atoms with E-state index in [1.54, 1.807) is 19.0 Å². The van der Waals surface area contributed by atoms with E-state index in [0.29, 0.717) is 18.2 Å². The summed E-state index contributed by atoms with van der Waals surface area (Å²) in [4.78, 5) is 17.6. The molecule has 0 fully saturated rings. The van der Waals surface area contributed by atoms with Crippen LogP contribution in [-0.2, 0) is 6.54 Å². The Labute approximate surface area is 113 Å². The number of aliphatic imine (C=N–C) groups is 1. The number of hydrogen-bond donors (Lipinski definition) is 2. The van der Waals surface area contributed by atoms with Crippen LogP contribution in [-0.4, -0.2) is 43.4 Å². The lowest BCUT2D eigenvalue weighted by Gasteiger charge is -2.11. The van der Waals surface area contributed by atoms with Crippen LogP contribution >= 0.6 is 0 Å². The zero-order valence-electron chi connectivity index (χ0n) is 11.6. The Morgan fingerprint density at radius 2 is 2.11 bits per heavy atom. The van der Waals surface area contributed by atoms with Crippen LogP contribution in [0.1, 0.15) is 22.8 Å². The lowest BCUT2D eigenvalue weighted by molar-refractivity contribution is 0.0827. The first-order chi connectivity index (χ1) is 9.06. The Morgan fingerprint density at radius 1 is 1.42 bits per heavy atom. The summed E-state index contributed by atoms with van der Waals surface area (Å²) in [5, 5.41) is 6.49. The molecule has 0 radical (unpaired) electrons. The molecule has 5 nitrogen and oxygen atoms in total. The molecule has 19 heavy (non-hydrogen) atoms. The van der Waals surface area contributed by atoms with Crippen molar-refractivity contribution in [3.05, 3.63) is 35.4 Å². The van der Waals surface area contributed by atoms with E-state index in [9.17, 15) is 4.79 Å². The summed E-state index contributed by atoms with van der Waals surface area (Å²) < 4.78 is 0. The van der Waals surface area contributed by atoms with Crippen LogP contribution in [0.25, 0.3) is 0 Å². The van der Waals surface area contributed by atoms with E-state index in [1.807, 2.05) is 24.3 Å². The van der Waals surface area contributed by atoms with E-state index in [2.05, 4.69) is 22.5 Å². The minimum atomic E-state index is 0.0233. The number of carbonyl (C=O) groups excluding carboxylic acids is 1. The van der Waals surface area contributed by atoms with Gasteiger partial charge in [-0.05, 0) is 24.6 Å². The van der Waals surface area contributed by atoms with Crippen LogP contribution in [0, 0.1) is 0 Å². The highest BCUT2D eigenvalue weighted by Crippen LogP contribution is 2.06. The molecule has 1 aliphatic rings. The quantitative estimate of drug-likeness (QED) is 0.846. The van der Waals surface area contributed by atoms with E-state index in [1.165, 1.54) is 0 Å². The fourth-order valence-electron chi connectivity index (χ4n) is 1.87. The van der Waals surface area contributed by atoms with Crippen molar-refractivity contribution in [3.8, 4) is 0 Å². The third-order valence-electron chi connectivity index (χ3n) is 2.97. The summed E-state index contributed by atoms with van der Waals surface area (Å²) in [7, 11) is 3.51. The van der Waals surface area contributed by atoms with Crippen LogP contribution < -0.4 is 10.6 Å². The average molecular weight is 260 g/mol. The van der Waals surface area contributed by atoms with Gasteiger partial charge in [-0.1, -0.05) is 12.1 Å². The number of nitrogens with zero attached hydrogens (tertiary/aromatic N) is 2. The maximum absolute atomic E-state index is 11.7. The van der Waals surface area contributed by atoms with E-state index < -0.39 is 0 Å². The first-order valence-electron chi connectivity index (χ1n) is 6.41. The third-order valence-corrected chi connectivity index (χ3v) is 2.97. The standard InChI is InChI=1S/C14H20N4O/c1-10-8-15-14(17-10)16-9-11-4-6-12(7-5-11)13(19)18(2)3/h4-7,10H,8-9H2,1-3H3,(H2,15,16,17). The predicted molar refractivity (Wildman–Crippen MR) is 76.2 cm³/mol. The molecule has 0 saturated heterocycles. The number of nitrogens with one attached hydrogen (secondary N) is 2. The van der Waals surface area contributed by atoms with E-state index in [4.69, 9.17) is 0 Å². The molecule has 0 aliphatic carbocycles. The molecule has 1 aromatic carbocycles. The van der Waals surface area contributed by atoms with Crippen LogP contribution in [0.4, 0.5) is 0 Å². The molecule has 0 spiro atoms. The smallest absolute Gasteiger partial charge is 0.253 e. The average Bonchev–Trinajstić information content (AvgIpc) is 2.82. The first kappa shape index (κ1) is 13.4. The molecule has 0 aromatic heterocycles. The minimum Gasteiger partial charge on any atom is -0.352 e. The van der Waals surface area contributed by atoms with Gasteiger partial charge in [-0.3, -0.25) is 9.79 Å². The highest BCUT2D eigenvalue weighted by Gasteiger charge is 2.11. The van der Waals surface area contributed by atoms with Crippen molar-refractivity contribution < 1.29 is 4.79 Å². The molecule has 5 heteroatoms. The van der Waals surface area contributed by atoms with E-state index in [0.717, 1.165) is 18.1 Å². The maximum atomic E-state index is 11.7. The molecular weight excluding hydrogens is 240 g/mol. The molecule has 1 unspecified atom stereocenters. The zero-order chi connectivity index (χ0) is 13.8. The van der Waals surface area contributed by atoms with Crippen LogP contribution in [0.2, 0.25) is 0 Å². The van der Waals surface area contributed by atoms with Crippen molar-refractivity contribution in [3.63, 3.8) is 0 Å². The molecule has 1 amide bonds. The van der Waals surface area contributed by atoms with E-state index in [-0.39, 0.29) is 5.91 Å². The zero-order valence-corrected chi connectivity index (χ0v) is 11.6. The summed E-state index contributed by atoms with van der Waals surface area (Å²) in [6, 6.07) is 8.03. The number of rotatable bonds is 3. The fourth-order valence-corrected chi connectivity index (χ4v) is 1.87. The van der Waals surface area contributed by atoms with Crippen molar-refractivity contribution in [2.45, 2.75) is 19.5 Å². The van der Waals surface area contributed by atoms with Crippen LogP contribution in [0.3, 0.4) is 0 Å². The minimum absolute atomic E-state index is 0.0233. The lowest BCUT2D eigenvalue weighted by Crippen LogP contribution is -2.37. The largest absolute Gasteiger partial charge is 0.352 e. The highest BCUT2D eigenvalue weighted by molar-refractivity contribution is 5.93. The second-order valence-corrected chi connectivity index (χ2v) is 4.98. The van der Waals surface area contributed by atoms with Gasteiger partial charge in [0.25, 0.3) is 5.91 Å². The number of benzene rings is 1. The van der Waals surface area contributed by atoms with Gasteiger partial charge >= 0.3 is 0 Å². The monoisotopic (exact) mass is 260 g/mol. The summed E-state index contributed by atoms with van der Waals surface area (Å²) in [5.41, 5.74) is 1.83. The fraction of sp³-hybridized carbons (Fsp3) is 0.429. The Balaban J connectivity index is 1.90. The Bertz CT molecular complexity index is 479. The number of amides is 1. The SMILES string of the molecule is CC1CN=C(NCc2ccc(C(=O)N(C)C)cc2)N1. The molecular formula is C14H20N4O. The van der Waals surface area contributed by atoms with Gasteiger partial charge in [0.05, 0.1) is 6.54 Å². The maximum Gasteiger partial charge on any atom is 0.253 e. The van der Waals surface area contributed by atoms with Gasteiger partial charge in [0, 0.05) is 32.2 Å². The summed E-state index contributed by atoms with van der Waals surface area (Å²) in [6.45, 7) is 3.62. The van der Waals surface area contributed by atoms with Gasteiger partial charge < -0.3 is 15.5 Å². The Morgan fingerprint density at radius 3 is 2.63 bits per heavy atom. The summed E-state index contributed by atoms with van der Waals surface area (Å²) in [6.07, 6.45) is 0. The number of guanidine groups is 1. The topological polar surface area (TPSA) is 56.7 Å². The van der Waals surface area contributed by atoms with Gasteiger partial charge in [-0.2, -0.15) is 0 Å². The van der Waals surface area contributed by atoms with E-state index >= 15 is 0 Å². The van der Waals surface area contributed by atoms with Gasteiger partial charge in [0.1, 0.15) is 0 Å². The molecule has 1 aliphatic heterocycles. The first-order valence-corrected chi connectivity index (χ1v) is 6.41.